The monoisotopic (exact) mass is 307 g/mol. The number of hydrogen-bond donors (Lipinski definition) is 0. The van der Waals surface area contributed by atoms with Gasteiger partial charge in [-0.15, -0.1) is 0 Å². The summed E-state index contributed by atoms with van der Waals surface area (Å²) in [5, 5.41) is 0. The third-order valence-corrected chi connectivity index (χ3v) is 4.17. The molecule has 1 aromatic rings. The number of carbonyl (C=O) groups is 1. The van der Waals surface area contributed by atoms with Gasteiger partial charge < -0.3 is 18.9 Å². The van der Waals surface area contributed by atoms with E-state index in [0.29, 0.717) is 17.9 Å². The maximum atomic E-state index is 11.9. The second-order valence-electron chi connectivity index (χ2n) is 5.43. The minimum absolute atomic E-state index is 0.289. The quantitative estimate of drug-likeness (QED) is 0.766. The zero-order chi connectivity index (χ0) is 15.5. The molecule has 0 spiro atoms. The Kier molecular flexibility index (Phi) is 4.49. The smallest absolute Gasteiger partial charge is 0.342 e. The topological polar surface area (TPSA) is 57.2 Å². The van der Waals surface area contributed by atoms with Crippen molar-refractivity contribution >= 4 is 5.97 Å². The molecule has 1 fully saturated rings. The zero-order valence-electron chi connectivity index (χ0n) is 13.0. The summed E-state index contributed by atoms with van der Waals surface area (Å²) in [4.78, 5) is 14.2. The highest BCUT2D eigenvalue weighted by Crippen LogP contribution is 2.37. The first-order valence-corrected chi connectivity index (χ1v) is 7.51. The maximum Gasteiger partial charge on any atom is 0.342 e. The van der Waals surface area contributed by atoms with Gasteiger partial charge in [-0.05, 0) is 12.5 Å². The Balaban J connectivity index is 1.72. The molecular weight excluding hydrogens is 286 g/mol. The molecular formula is C16H21NO5. The molecule has 2 aliphatic rings. The van der Waals surface area contributed by atoms with Crippen LogP contribution in [-0.4, -0.2) is 57.4 Å². The van der Waals surface area contributed by atoms with E-state index in [4.69, 9.17) is 18.9 Å². The highest BCUT2D eigenvalue weighted by atomic mass is 16.5. The van der Waals surface area contributed by atoms with E-state index in [1.165, 1.54) is 0 Å². The van der Waals surface area contributed by atoms with Crippen LogP contribution in [0.4, 0.5) is 0 Å². The third kappa shape index (κ3) is 2.89. The second-order valence-corrected chi connectivity index (χ2v) is 5.43. The van der Waals surface area contributed by atoms with Crippen molar-refractivity contribution < 1.29 is 23.7 Å². The van der Waals surface area contributed by atoms with Crippen molar-refractivity contribution in [2.24, 2.45) is 0 Å². The first kappa shape index (κ1) is 15.1. The van der Waals surface area contributed by atoms with Crippen molar-refractivity contribution in [3.05, 3.63) is 22.8 Å². The molecule has 0 bridgehead atoms. The molecule has 0 radical (unpaired) electrons. The van der Waals surface area contributed by atoms with Gasteiger partial charge in [-0.3, -0.25) is 4.90 Å². The molecule has 0 N–H and O–H groups in total. The number of carbonyl (C=O) groups excluding carboxylic acids is 1. The molecule has 1 aromatic carbocycles. The highest BCUT2D eigenvalue weighted by molar-refractivity contribution is 5.97. The van der Waals surface area contributed by atoms with E-state index in [9.17, 15) is 4.79 Å². The summed E-state index contributed by atoms with van der Waals surface area (Å²) in [5.41, 5.74) is 2.34. The fourth-order valence-electron chi connectivity index (χ4n) is 2.83. The molecule has 0 amide bonds. The Morgan fingerprint density at radius 2 is 2.05 bits per heavy atom. The molecule has 2 heterocycles. The number of methoxy groups -OCH3 is 1. The fourth-order valence-corrected chi connectivity index (χ4v) is 2.83. The van der Waals surface area contributed by atoms with Crippen LogP contribution in [0.3, 0.4) is 0 Å². The van der Waals surface area contributed by atoms with Crippen LogP contribution in [0.5, 0.6) is 11.5 Å². The number of fused-ring (bicyclic) bond motifs is 1. The van der Waals surface area contributed by atoms with Gasteiger partial charge in [-0.25, -0.2) is 4.79 Å². The standard InChI is InChI=1S/C16H21NO5/c1-11-12-10-22-16(18)15(12)14(9-13(11)19-2)21-8-5-17-3-6-20-7-4-17/h9H,3-8,10H2,1-2H3. The normalized spacial score (nSPS) is 18.0. The molecule has 22 heavy (non-hydrogen) atoms. The molecule has 1 saturated heterocycles. The summed E-state index contributed by atoms with van der Waals surface area (Å²) in [6.45, 7) is 6.91. The highest BCUT2D eigenvalue weighted by Gasteiger charge is 2.29. The van der Waals surface area contributed by atoms with E-state index in [0.717, 1.165) is 49.7 Å². The predicted octanol–water partition coefficient (Wildman–Crippen LogP) is 1.39. The molecule has 2 aliphatic heterocycles. The molecule has 0 unspecified atom stereocenters. The van der Waals surface area contributed by atoms with E-state index >= 15 is 0 Å². The lowest BCUT2D eigenvalue weighted by atomic mass is 10.0. The lowest BCUT2D eigenvalue weighted by molar-refractivity contribution is 0.0321. The Morgan fingerprint density at radius 3 is 2.77 bits per heavy atom. The molecule has 120 valence electrons. The van der Waals surface area contributed by atoms with Gasteiger partial charge in [-0.2, -0.15) is 0 Å². The molecule has 0 aliphatic carbocycles. The summed E-state index contributed by atoms with van der Waals surface area (Å²) in [7, 11) is 1.61. The number of morpholine rings is 1. The van der Waals surface area contributed by atoms with Crippen molar-refractivity contribution in [2.75, 3.05) is 46.6 Å². The summed E-state index contributed by atoms with van der Waals surface area (Å²) in [6, 6.07) is 1.78. The molecule has 6 nitrogen and oxygen atoms in total. The summed E-state index contributed by atoms with van der Waals surface area (Å²) in [5.74, 6) is 0.953. The SMILES string of the molecule is COc1cc(OCCN2CCOCC2)c2c(c1C)COC2=O. The summed E-state index contributed by atoms with van der Waals surface area (Å²) >= 11 is 0. The molecule has 0 saturated carbocycles. The number of hydrogen-bond acceptors (Lipinski definition) is 6. The Labute approximate surface area is 129 Å². The van der Waals surface area contributed by atoms with Crippen LogP contribution < -0.4 is 9.47 Å². The van der Waals surface area contributed by atoms with Gasteiger partial charge in [0.15, 0.2) is 0 Å². The van der Waals surface area contributed by atoms with E-state index in [1.54, 1.807) is 13.2 Å². The fraction of sp³-hybridized carbons (Fsp3) is 0.562. The number of benzene rings is 1. The Morgan fingerprint density at radius 1 is 1.27 bits per heavy atom. The maximum absolute atomic E-state index is 11.9. The van der Waals surface area contributed by atoms with Crippen LogP contribution in [0.25, 0.3) is 0 Å². The van der Waals surface area contributed by atoms with Gasteiger partial charge in [0.05, 0.1) is 20.3 Å². The van der Waals surface area contributed by atoms with Crippen molar-refractivity contribution in [3.63, 3.8) is 0 Å². The Hall–Kier alpha value is -1.79. The first-order chi connectivity index (χ1) is 10.7. The van der Waals surface area contributed by atoms with Gasteiger partial charge in [0.25, 0.3) is 0 Å². The second kappa shape index (κ2) is 6.54. The first-order valence-electron chi connectivity index (χ1n) is 7.51. The van der Waals surface area contributed by atoms with Crippen LogP contribution >= 0.6 is 0 Å². The van der Waals surface area contributed by atoms with E-state index in [-0.39, 0.29) is 12.6 Å². The van der Waals surface area contributed by atoms with Crippen molar-refractivity contribution in [3.8, 4) is 11.5 Å². The minimum atomic E-state index is -0.317. The van der Waals surface area contributed by atoms with Crippen molar-refractivity contribution in [2.45, 2.75) is 13.5 Å². The molecule has 6 heteroatoms. The lowest BCUT2D eigenvalue weighted by Crippen LogP contribution is -2.38. The van der Waals surface area contributed by atoms with E-state index in [2.05, 4.69) is 4.90 Å². The largest absolute Gasteiger partial charge is 0.496 e. The van der Waals surface area contributed by atoms with E-state index < -0.39 is 0 Å². The predicted molar refractivity (Wildman–Crippen MR) is 79.6 cm³/mol. The average molecular weight is 307 g/mol. The van der Waals surface area contributed by atoms with Crippen LogP contribution in [-0.2, 0) is 16.1 Å². The zero-order valence-corrected chi connectivity index (χ0v) is 13.0. The van der Waals surface area contributed by atoms with Crippen LogP contribution in [0.2, 0.25) is 0 Å². The minimum Gasteiger partial charge on any atom is -0.496 e. The number of esters is 1. The van der Waals surface area contributed by atoms with Crippen LogP contribution in [0, 0.1) is 6.92 Å². The van der Waals surface area contributed by atoms with Gasteiger partial charge >= 0.3 is 5.97 Å². The summed E-state index contributed by atoms with van der Waals surface area (Å²) in [6.07, 6.45) is 0. The van der Waals surface area contributed by atoms with Gasteiger partial charge in [0.2, 0.25) is 0 Å². The number of cyclic esters (lactones) is 1. The van der Waals surface area contributed by atoms with Gasteiger partial charge in [0, 0.05) is 31.3 Å². The molecule has 3 rings (SSSR count). The lowest BCUT2D eigenvalue weighted by Gasteiger charge is -2.26. The van der Waals surface area contributed by atoms with Crippen LogP contribution in [0.1, 0.15) is 21.5 Å². The summed E-state index contributed by atoms with van der Waals surface area (Å²) < 4.78 is 21.7. The average Bonchev–Trinajstić information content (AvgIpc) is 2.93. The number of ether oxygens (including phenoxy) is 4. The molecule has 0 aromatic heterocycles. The Bertz CT molecular complexity index is 566. The third-order valence-electron chi connectivity index (χ3n) is 4.17. The molecule has 0 atom stereocenters. The van der Waals surface area contributed by atoms with E-state index in [1.807, 2.05) is 6.92 Å². The van der Waals surface area contributed by atoms with Gasteiger partial charge in [0.1, 0.15) is 30.3 Å². The number of rotatable bonds is 5. The number of nitrogens with zero attached hydrogens (tertiary/aromatic N) is 1. The van der Waals surface area contributed by atoms with Gasteiger partial charge in [-0.1, -0.05) is 0 Å². The van der Waals surface area contributed by atoms with Crippen molar-refractivity contribution in [1.82, 2.24) is 4.90 Å². The van der Waals surface area contributed by atoms with Crippen molar-refractivity contribution in [1.29, 1.82) is 0 Å². The van der Waals surface area contributed by atoms with Crippen LogP contribution in [0.15, 0.2) is 6.07 Å².